The SMILES string of the molecule is O=C(/C=C/c1cccc([N+](=O)[O-])c1)Nc1cccc(NC(=O)Cc2ccccc2)c1. The Bertz CT molecular complexity index is 1090. The Labute approximate surface area is 173 Å². The molecule has 3 aromatic carbocycles. The maximum Gasteiger partial charge on any atom is 0.270 e. The van der Waals surface area contributed by atoms with Crippen LogP contribution >= 0.6 is 0 Å². The van der Waals surface area contributed by atoms with Crippen molar-refractivity contribution >= 4 is 35.0 Å². The van der Waals surface area contributed by atoms with Crippen LogP contribution < -0.4 is 10.6 Å². The van der Waals surface area contributed by atoms with Gasteiger partial charge in [-0.3, -0.25) is 19.7 Å². The van der Waals surface area contributed by atoms with Crippen molar-refractivity contribution in [2.45, 2.75) is 6.42 Å². The predicted octanol–water partition coefficient (Wildman–Crippen LogP) is 4.43. The molecule has 0 radical (unpaired) electrons. The quantitative estimate of drug-likeness (QED) is 0.347. The van der Waals surface area contributed by atoms with E-state index in [1.165, 1.54) is 24.3 Å². The topological polar surface area (TPSA) is 101 Å². The highest BCUT2D eigenvalue weighted by Gasteiger charge is 2.06. The molecule has 3 rings (SSSR count). The number of nitro benzene ring substituents is 1. The molecular formula is C23H19N3O4. The minimum absolute atomic E-state index is 0.0449. The summed E-state index contributed by atoms with van der Waals surface area (Å²) in [5, 5.41) is 16.3. The largest absolute Gasteiger partial charge is 0.326 e. The molecule has 30 heavy (non-hydrogen) atoms. The van der Waals surface area contributed by atoms with Gasteiger partial charge in [0.25, 0.3) is 5.69 Å². The fourth-order valence-electron chi connectivity index (χ4n) is 2.76. The summed E-state index contributed by atoms with van der Waals surface area (Å²) in [7, 11) is 0. The van der Waals surface area contributed by atoms with Crippen molar-refractivity contribution in [3.63, 3.8) is 0 Å². The van der Waals surface area contributed by atoms with Crippen molar-refractivity contribution in [3.05, 3.63) is 106 Å². The maximum atomic E-state index is 12.2. The Hall–Kier alpha value is -4.26. The number of hydrogen-bond acceptors (Lipinski definition) is 4. The van der Waals surface area contributed by atoms with Crippen molar-refractivity contribution in [3.8, 4) is 0 Å². The summed E-state index contributed by atoms with van der Waals surface area (Å²) in [6.45, 7) is 0. The Morgan fingerprint density at radius 1 is 0.867 bits per heavy atom. The summed E-state index contributed by atoms with van der Waals surface area (Å²) >= 11 is 0. The minimum atomic E-state index is -0.491. The van der Waals surface area contributed by atoms with Crippen molar-refractivity contribution in [2.75, 3.05) is 10.6 Å². The highest BCUT2D eigenvalue weighted by molar-refractivity contribution is 6.02. The lowest BCUT2D eigenvalue weighted by Gasteiger charge is -2.08. The number of hydrogen-bond donors (Lipinski definition) is 2. The third-order valence-corrected chi connectivity index (χ3v) is 4.13. The van der Waals surface area contributed by atoms with Crippen LogP contribution in [0.4, 0.5) is 17.1 Å². The van der Waals surface area contributed by atoms with E-state index in [1.807, 2.05) is 30.3 Å². The molecule has 7 heteroatoms. The number of nitrogens with one attached hydrogen (secondary N) is 2. The van der Waals surface area contributed by atoms with Crippen LogP contribution in [0.3, 0.4) is 0 Å². The summed E-state index contributed by atoms with van der Waals surface area (Å²) in [6, 6.07) is 22.2. The van der Waals surface area contributed by atoms with Crippen LogP contribution in [0.1, 0.15) is 11.1 Å². The number of amides is 2. The second-order valence-electron chi connectivity index (χ2n) is 6.47. The van der Waals surface area contributed by atoms with Gasteiger partial charge in [-0.05, 0) is 35.4 Å². The fraction of sp³-hybridized carbons (Fsp3) is 0.0435. The van der Waals surface area contributed by atoms with E-state index < -0.39 is 10.8 Å². The molecular weight excluding hydrogens is 382 g/mol. The lowest BCUT2D eigenvalue weighted by Crippen LogP contribution is -2.14. The first-order valence-corrected chi connectivity index (χ1v) is 9.17. The lowest BCUT2D eigenvalue weighted by atomic mass is 10.1. The molecule has 150 valence electrons. The van der Waals surface area contributed by atoms with Crippen LogP contribution in [-0.2, 0) is 16.0 Å². The van der Waals surface area contributed by atoms with Gasteiger partial charge < -0.3 is 10.6 Å². The van der Waals surface area contributed by atoms with Gasteiger partial charge in [0.2, 0.25) is 11.8 Å². The zero-order valence-corrected chi connectivity index (χ0v) is 15.9. The van der Waals surface area contributed by atoms with E-state index in [1.54, 1.807) is 36.4 Å². The minimum Gasteiger partial charge on any atom is -0.326 e. The molecule has 0 unspecified atom stereocenters. The second kappa shape index (κ2) is 9.79. The molecule has 3 aromatic rings. The predicted molar refractivity (Wildman–Crippen MR) is 116 cm³/mol. The highest BCUT2D eigenvalue weighted by Crippen LogP contribution is 2.17. The zero-order chi connectivity index (χ0) is 21.3. The molecule has 2 N–H and O–H groups in total. The van der Waals surface area contributed by atoms with Gasteiger partial charge in [0.15, 0.2) is 0 Å². The molecule has 0 bridgehead atoms. The molecule has 2 amide bonds. The molecule has 0 saturated carbocycles. The first kappa shape index (κ1) is 20.5. The monoisotopic (exact) mass is 401 g/mol. The summed E-state index contributed by atoms with van der Waals surface area (Å²) in [6.07, 6.45) is 3.04. The average molecular weight is 401 g/mol. The molecule has 0 aromatic heterocycles. The number of carbonyl (C=O) groups excluding carboxylic acids is 2. The van der Waals surface area contributed by atoms with Crippen LogP contribution in [0.2, 0.25) is 0 Å². The number of nitrogens with zero attached hydrogens (tertiary/aromatic N) is 1. The van der Waals surface area contributed by atoms with Crippen molar-refractivity contribution in [1.29, 1.82) is 0 Å². The number of carbonyl (C=O) groups is 2. The molecule has 0 fully saturated rings. The van der Waals surface area contributed by atoms with Gasteiger partial charge in [0, 0.05) is 29.6 Å². The number of nitro groups is 1. The third kappa shape index (κ3) is 6.13. The van der Waals surface area contributed by atoms with Gasteiger partial charge in [0.1, 0.15) is 0 Å². The summed E-state index contributed by atoms with van der Waals surface area (Å²) in [4.78, 5) is 34.7. The van der Waals surface area contributed by atoms with Crippen LogP contribution in [0.5, 0.6) is 0 Å². The number of benzene rings is 3. The van der Waals surface area contributed by atoms with Crippen molar-refractivity contribution in [2.24, 2.45) is 0 Å². The Balaban J connectivity index is 1.59. The van der Waals surface area contributed by atoms with Crippen LogP contribution in [0, 0.1) is 10.1 Å². The molecule has 7 nitrogen and oxygen atoms in total. The van der Waals surface area contributed by atoms with E-state index in [2.05, 4.69) is 10.6 Å². The van der Waals surface area contributed by atoms with E-state index in [0.29, 0.717) is 16.9 Å². The molecule has 0 heterocycles. The van der Waals surface area contributed by atoms with Crippen molar-refractivity contribution in [1.82, 2.24) is 0 Å². The van der Waals surface area contributed by atoms with E-state index in [0.717, 1.165) is 5.56 Å². The van der Waals surface area contributed by atoms with E-state index in [9.17, 15) is 19.7 Å². The lowest BCUT2D eigenvalue weighted by molar-refractivity contribution is -0.384. The third-order valence-electron chi connectivity index (χ3n) is 4.13. The van der Waals surface area contributed by atoms with Gasteiger partial charge >= 0.3 is 0 Å². The summed E-state index contributed by atoms with van der Waals surface area (Å²) in [5.41, 5.74) is 2.49. The van der Waals surface area contributed by atoms with Gasteiger partial charge in [-0.1, -0.05) is 48.5 Å². The first-order chi connectivity index (χ1) is 14.5. The Kier molecular flexibility index (Phi) is 6.68. The number of rotatable bonds is 7. The first-order valence-electron chi connectivity index (χ1n) is 9.17. The highest BCUT2D eigenvalue weighted by atomic mass is 16.6. The molecule has 0 aliphatic heterocycles. The van der Waals surface area contributed by atoms with E-state index >= 15 is 0 Å². The Morgan fingerprint density at radius 2 is 1.57 bits per heavy atom. The Morgan fingerprint density at radius 3 is 2.30 bits per heavy atom. The zero-order valence-electron chi connectivity index (χ0n) is 15.9. The summed E-state index contributed by atoms with van der Waals surface area (Å²) in [5.74, 6) is -0.551. The van der Waals surface area contributed by atoms with Gasteiger partial charge in [-0.15, -0.1) is 0 Å². The summed E-state index contributed by atoms with van der Waals surface area (Å²) < 4.78 is 0. The number of non-ortho nitro benzene ring substituents is 1. The average Bonchev–Trinajstić information content (AvgIpc) is 2.73. The maximum absolute atomic E-state index is 12.2. The molecule has 0 atom stereocenters. The van der Waals surface area contributed by atoms with Gasteiger partial charge in [0.05, 0.1) is 11.3 Å². The van der Waals surface area contributed by atoms with E-state index in [4.69, 9.17) is 0 Å². The van der Waals surface area contributed by atoms with Crippen LogP contribution in [-0.4, -0.2) is 16.7 Å². The normalized spacial score (nSPS) is 10.5. The molecule has 0 spiro atoms. The number of anilines is 2. The van der Waals surface area contributed by atoms with Crippen molar-refractivity contribution < 1.29 is 14.5 Å². The van der Waals surface area contributed by atoms with Gasteiger partial charge in [-0.25, -0.2) is 0 Å². The fourth-order valence-corrected chi connectivity index (χ4v) is 2.76. The van der Waals surface area contributed by atoms with E-state index in [-0.39, 0.29) is 18.0 Å². The van der Waals surface area contributed by atoms with Crippen LogP contribution in [0.25, 0.3) is 6.08 Å². The second-order valence-corrected chi connectivity index (χ2v) is 6.47. The smallest absolute Gasteiger partial charge is 0.270 e. The van der Waals surface area contributed by atoms with Gasteiger partial charge in [-0.2, -0.15) is 0 Å². The standard InChI is InChI=1S/C23H19N3O4/c27-22(13-12-18-8-4-11-21(14-18)26(29)30)24-19-9-5-10-20(16-19)25-23(28)15-17-6-2-1-3-7-17/h1-14,16H,15H2,(H,24,27)(H,25,28)/b13-12+. The molecule has 0 aliphatic rings. The molecule has 0 aliphatic carbocycles. The van der Waals surface area contributed by atoms with Crippen LogP contribution in [0.15, 0.2) is 84.9 Å². The molecule has 0 saturated heterocycles.